The Balaban J connectivity index is 1.96. The maximum absolute atomic E-state index is 12.2. The number of carbonyl (C=O) groups excluding carboxylic acids is 2. The lowest BCUT2D eigenvalue weighted by molar-refractivity contribution is -0.146. The summed E-state index contributed by atoms with van der Waals surface area (Å²) in [7, 11) is 1.63. The number of hydrogen-bond donors (Lipinski definition) is 1. The first-order valence-electron chi connectivity index (χ1n) is 6.90. The number of nitrogens with zero attached hydrogens (tertiary/aromatic N) is 1. The van der Waals surface area contributed by atoms with E-state index in [4.69, 9.17) is 16.3 Å². The van der Waals surface area contributed by atoms with Crippen molar-refractivity contribution in [3.05, 3.63) is 29.3 Å². The molecule has 0 aliphatic carbocycles. The topological polar surface area (TPSA) is 58.6 Å². The van der Waals surface area contributed by atoms with Gasteiger partial charge in [0, 0.05) is 30.9 Å². The molecular weight excluding hydrogens is 292 g/mol. The number of likely N-dealkylation sites (tertiary alicyclic amines) is 1. The Hall–Kier alpha value is -1.59. The molecule has 0 unspecified atom stereocenters. The van der Waals surface area contributed by atoms with Crippen LogP contribution < -0.4 is 5.32 Å². The molecule has 0 bridgehead atoms. The highest BCUT2D eigenvalue weighted by atomic mass is 35.5. The minimum atomic E-state index is -0.637. The van der Waals surface area contributed by atoms with E-state index in [9.17, 15) is 9.59 Å². The number of carbonyl (C=O) groups is 2. The van der Waals surface area contributed by atoms with Crippen molar-refractivity contribution in [2.75, 3.05) is 25.5 Å². The van der Waals surface area contributed by atoms with Crippen LogP contribution in [-0.2, 0) is 14.3 Å². The fourth-order valence-electron chi connectivity index (χ4n) is 2.39. The van der Waals surface area contributed by atoms with E-state index in [-0.39, 0.29) is 6.10 Å². The lowest BCUT2D eigenvalue weighted by Crippen LogP contribution is -2.50. The molecular formula is C15H19ClN2O3. The Morgan fingerprint density at radius 1 is 1.33 bits per heavy atom. The van der Waals surface area contributed by atoms with Gasteiger partial charge in [0.1, 0.15) is 0 Å². The van der Waals surface area contributed by atoms with E-state index in [2.05, 4.69) is 12.2 Å². The molecule has 1 N–H and O–H groups in total. The number of halogens is 1. The molecule has 0 aromatic heterocycles. The normalized spacial score (nSPS) is 22.0. The van der Waals surface area contributed by atoms with Crippen molar-refractivity contribution in [2.45, 2.75) is 19.4 Å². The van der Waals surface area contributed by atoms with E-state index < -0.39 is 11.8 Å². The minimum Gasteiger partial charge on any atom is -0.379 e. The van der Waals surface area contributed by atoms with E-state index in [1.54, 1.807) is 36.3 Å². The largest absolute Gasteiger partial charge is 0.379 e. The van der Waals surface area contributed by atoms with Crippen molar-refractivity contribution in [1.82, 2.24) is 4.90 Å². The molecule has 1 heterocycles. The van der Waals surface area contributed by atoms with Crippen molar-refractivity contribution in [3.63, 3.8) is 0 Å². The molecule has 0 saturated carbocycles. The molecule has 114 valence electrons. The van der Waals surface area contributed by atoms with Gasteiger partial charge in [0.2, 0.25) is 0 Å². The molecule has 2 rings (SSSR count). The summed E-state index contributed by atoms with van der Waals surface area (Å²) < 4.78 is 5.35. The smallest absolute Gasteiger partial charge is 0.313 e. The molecule has 2 amide bonds. The maximum Gasteiger partial charge on any atom is 0.313 e. The van der Waals surface area contributed by atoms with Crippen LogP contribution in [0.25, 0.3) is 0 Å². The van der Waals surface area contributed by atoms with E-state index in [1.807, 2.05) is 0 Å². The van der Waals surface area contributed by atoms with Gasteiger partial charge < -0.3 is 15.0 Å². The second-order valence-electron chi connectivity index (χ2n) is 5.25. The van der Waals surface area contributed by atoms with Gasteiger partial charge in [0.05, 0.1) is 6.10 Å². The summed E-state index contributed by atoms with van der Waals surface area (Å²) in [5, 5.41) is 3.16. The van der Waals surface area contributed by atoms with E-state index in [0.717, 1.165) is 6.42 Å². The van der Waals surface area contributed by atoms with Crippen molar-refractivity contribution in [1.29, 1.82) is 0 Å². The third-order valence-electron chi connectivity index (χ3n) is 3.78. The number of benzene rings is 1. The highest BCUT2D eigenvalue weighted by molar-refractivity contribution is 6.39. The number of ether oxygens (including phenoxy) is 1. The van der Waals surface area contributed by atoms with Crippen LogP contribution in [0.4, 0.5) is 5.69 Å². The Morgan fingerprint density at radius 2 is 2.00 bits per heavy atom. The number of piperidine rings is 1. The number of nitrogens with one attached hydrogen (secondary N) is 1. The molecule has 1 aliphatic heterocycles. The van der Waals surface area contributed by atoms with Crippen LogP contribution >= 0.6 is 11.6 Å². The molecule has 1 saturated heterocycles. The lowest BCUT2D eigenvalue weighted by atomic mass is 9.96. The maximum atomic E-state index is 12.2. The highest BCUT2D eigenvalue weighted by Crippen LogP contribution is 2.20. The standard InChI is InChI=1S/C15H19ClN2O3/c1-10-7-8-18(9-13(10)21-2)15(20)14(19)17-12-5-3-11(16)4-6-12/h3-6,10,13H,7-9H2,1-2H3,(H,17,19)/t10-,13-/m0/s1. The first kappa shape index (κ1) is 15.8. The van der Waals surface area contributed by atoms with Gasteiger partial charge in [-0.1, -0.05) is 18.5 Å². The zero-order valence-electron chi connectivity index (χ0n) is 12.1. The first-order chi connectivity index (χ1) is 10.0. The first-order valence-corrected chi connectivity index (χ1v) is 7.27. The summed E-state index contributed by atoms with van der Waals surface area (Å²) in [6, 6.07) is 6.63. The fraction of sp³-hybridized carbons (Fsp3) is 0.467. The zero-order chi connectivity index (χ0) is 15.4. The van der Waals surface area contributed by atoms with Gasteiger partial charge in [-0.15, -0.1) is 0 Å². The third kappa shape index (κ3) is 3.95. The lowest BCUT2D eigenvalue weighted by Gasteiger charge is -2.35. The van der Waals surface area contributed by atoms with Crippen LogP contribution in [0, 0.1) is 5.92 Å². The second-order valence-corrected chi connectivity index (χ2v) is 5.69. The average Bonchev–Trinajstić information content (AvgIpc) is 2.49. The summed E-state index contributed by atoms with van der Waals surface area (Å²) in [5.74, 6) is -0.779. The van der Waals surface area contributed by atoms with E-state index >= 15 is 0 Å². The molecule has 0 spiro atoms. The molecule has 1 fully saturated rings. The van der Waals surface area contributed by atoms with Gasteiger partial charge >= 0.3 is 11.8 Å². The zero-order valence-corrected chi connectivity index (χ0v) is 12.9. The summed E-state index contributed by atoms with van der Waals surface area (Å²) in [6.07, 6.45) is 0.810. The van der Waals surface area contributed by atoms with E-state index in [1.165, 1.54) is 0 Å². The number of amides is 2. The molecule has 0 radical (unpaired) electrons. The van der Waals surface area contributed by atoms with Crippen molar-refractivity contribution in [3.8, 4) is 0 Å². The SMILES string of the molecule is CO[C@H]1CN(C(=O)C(=O)Nc2ccc(Cl)cc2)CC[C@@H]1C. The summed E-state index contributed by atoms with van der Waals surface area (Å²) in [4.78, 5) is 25.7. The molecule has 1 aromatic carbocycles. The van der Waals surface area contributed by atoms with Gasteiger partial charge in [-0.3, -0.25) is 9.59 Å². The molecule has 5 nitrogen and oxygen atoms in total. The molecule has 21 heavy (non-hydrogen) atoms. The van der Waals surface area contributed by atoms with Crippen LogP contribution in [-0.4, -0.2) is 43.0 Å². The fourth-order valence-corrected chi connectivity index (χ4v) is 2.51. The number of hydrogen-bond acceptors (Lipinski definition) is 3. The number of methoxy groups -OCH3 is 1. The van der Waals surface area contributed by atoms with Gasteiger partial charge in [-0.05, 0) is 36.6 Å². The van der Waals surface area contributed by atoms with Gasteiger partial charge in [0.25, 0.3) is 0 Å². The summed E-state index contributed by atoms with van der Waals surface area (Å²) in [6.45, 7) is 3.11. The van der Waals surface area contributed by atoms with Crippen LogP contribution in [0.2, 0.25) is 5.02 Å². The average molecular weight is 311 g/mol. The monoisotopic (exact) mass is 310 g/mol. The quantitative estimate of drug-likeness (QED) is 0.852. The van der Waals surface area contributed by atoms with Crippen LogP contribution in [0.15, 0.2) is 24.3 Å². The van der Waals surface area contributed by atoms with E-state index in [0.29, 0.717) is 29.7 Å². The molecule has 6 heteroatoms. The molecule has 1 aromatic rings. The van der Waals surface area contributed by atoms with Crippen LogP contribution in [0.3, 0.4) is 0 Å². The van der Waals surface area contributed by atoms with Crippen LogP contribution in [0.5, 0.6) is 0 Å². The van der Waals surface area contributed by atoms with Gasteiger partial charge in [-0.25, -0.2) is 0 Å². The summed E-state index contributed by atoms with van der Waals surface area (Å²) in [5.41, 5.74) is 0.548. The number of anilines is 1. The van der Waals surface area contributed by atoms with Crippen molar-refractivity contribution >= 4 is 29.1 Å². The van der Waals surface area contributed by atoms with Crippen LogP contribution in [0.1, 0.15) is 13.3 Å². The molecule has 2 atom stereocenters. The predicted molar refractivity (Wildman–Crippen MR) is 81.2 cm³/mol. The highest BCUT2D eigenvalue weighted by Gasteiger charge is 2.31. The summed E-state index contributed by atoms with van der Waals surface area (Å²) >= 11 is 5.78. The minimum absolute atomic E-state index is 0.0222. The Bertz CT molecular complexity index is 518. The van der Waals surface area contributed by atoms with Gasteiger partial charge in [-0.2, -0.15) is 0 Å². The van der Waals surface area contributed by atoms with Crippen molar-refractivity contribution < 1.29 is 14.3 Å². The third-order valence-corrected chi connectivity index (χ3v) is 4.03. The Labute approximate surface area is 129 Å². The molecule has 1 aliphatic rings. The van der Waals surface area contributed by atoms with Crippen molar-refractivity contribution in [2.24, 2.45) is 5.92 Å². The Morgan fingerprint density at radius 3 is 2.62 bits per heavy atom. The second kappa shape index (κ2) is 6.91. The number of rotatable bonds is 2. The predicted octanol–water partition coefficient (Wildman–Crippen LogP) is 2.16. The van der Waals surface area contributed by atoms with Gasteiger partial charge in [0.15, 0.2) is 0 Å². The Kier molecular flexibility index (Phi) is 5.20.